The number of nitrogens with zero attached hydrogens (tertiary/aromatic N) is 6. The zero-order chi connectivity index (χ0) is 35.1. The van der Waals surface area contributed by atoms with Crippen molar-refractivity contribution in [3.8, 4) is 33.9 Å². The zero-order valence-electron chi connectivity index (χ0n) is 28.7. The molecule has 0 aliphatic heterocycles. The lowest BCUT2D eigenvalue weighted by atomic mass is 10.1. The zero-order valence-corrected chi connectivity index (χ0v) is 28.7. The fourth-order valence-corrected chi connectivity index (χ4v) is 7.50. The summed E-state index contributed by atoms with van der Waals surface area (Å²) in [7, 11) is 0. The van der Waals surface area contributed by atoms with Crippen LogP contribution in [-0.2, 0) is 0 Å². The van der Waals surface area contributed by atoms with Crippen LogP contribution >= 0.6 is 0 Å². The van der Waals surface area contributed by atoms with Gasteiger partial charge in [-0.1, -0.05) is 60.7 Å². The summed E-state index contributed by atoms with van der Waals surface area (Å²) in [5.74, 6) is 0.703. The summed E-state index contributed by atoms with van der Waals surface area (Å²) in [5.41, 5.74) is 12.1. The van der Waals surface area contributed by atoms with Crippen molar-refractivity contribution < 1.29 is 0 Å². The van der Waals surface area contributed by atoms with E-state index >= 15 is 0 Å². The van der Waals surface area contributed by atoms with Crippen molar-refractivity contribution in [2.75, 3.05) is 4.90 Å². The predicted molar refractivity (Wildman–Crippen MR) is 217 cm³/mol. The molecule has 10 rings (SSSR count). The second-order valence-electron chi connectivity index (χ2n) is 13.0. The first kappa shape index (κ1) is 30.5. The van der Waals surface area contributed by atoms with Gasteiger partial charge in [0.2, 0.25) is 0 Å². The number of fused-ring (bicyclic) bond motifs is 5. The molecule has 0 N–H and O–H groups in total. The third-order valence-corrected chi connectivity index (χ3v) is 9.96. The lowest BCUT2D eigenvalue weighted by Gasteiger charge is -2.26. The van der Waals surface area contributed by atoms with E-state index in [2.05, 4.69) is 181 Å². The lowest BCUT2D eigenvalue weighted by Crippen LogP contribution is -2.10. The maximum Gasteiger partial charge on any atom is 0.159 e. The van der Waals surface area contributed by atoms with E-state index in [0.29, 0.717) is 5.82 Å². The van der Waals surface area contributed by atoms with Crippen molar-refractivity contribution in [2.24, 2.45) is 0 Å². The second-order valence-corrected chi connectivity index (χ2v) is 13.0. The molecule has 0 fully saturated rings. The third kappa shape index (κ3) is 5.32. The Morgan fingerprint density at radius 1 is 0.434 bits per heavy atom. The summed E-state index contributed by atoms with van der Waals surface area (Å²) >= 11 is 0. The highest BCUT2D eigenvalue weighted by Gasteiger charge is 2.21. The average Bonchev–Trinajstić information content (AvgIpc) is 3.82. The monoisotopic (exact) mass is 680 g/mol. The predicted octanol–water partition coefficient (Wildman–Crippen LogP) is 11.7. The second kappa shape index (κ2) is 12.8. The average molecular weight is 681 g/mol. The first-order valence-corrected chi connectivity index (χ1v) is 17.7. The number of rotatable bonds is 7. The van der Waals surface area contributed by atoms with Crippen molar-refractivity contribution >= 4 is 49.8 Å². The Labute approximate surface area is 306 Å². The highest BCUT2D eigenvalue weighted by Crippen LogP contribution is 2.42. The molecule has 0 unspecified atom stereocenters. The molecule has 250 valence electrons. The first-order chi connectivity index (χ1) is 26.3. The fourth-order valence-electron chi connectivity index (χ4n) is 7.50. The van der Waals surface area contributed by atoms with Crippen LogP contribution in [0.1, 0.15) is 0 Å². The topological polar surface area (TPSA) is 51.8 Å². The maximum absolute atomic E-state index is 4.48. The summed E-state index contributed by atoms with van der Waals surface area (Å²) in [6.45, 7) is 0. The van der Waals surface area contributed by atoms with Gasteiger partial charge in [-0.25, -0.2) is 9.97 Å². The smallest absolute Gasteiger partial charge is 0.159 e. The Balaban J connectivity index is 1.19. The highest BCUT2D eigenvalue weighted by atomic mass is 15.1. The number of aromatic nitrogens is 5. The van der Waals surface area contributed by atoms with Gasteiger partial charge in [0.05, 0.1) is 16.6 Å². The van der Waals surface area contributed by atoms with E-state index in [1.807, 2.05) is 30.6 Å². The summed E-state index contributed by atoms with van der Waals surface area (Å²) in [6, 6.07) is 58.0. The highest BCUT2D eigenvalue weighted by molar-refractivity contribution is 6.19. The molecule has 0 radical (unpaired) electrons. The Morgan fingerprint density at radius 3 is 1.75 bits per heavy atom. The molecule has 4 heterocycles. The van der Waals surface area contributed by atoms with Crippen LogP contribution in [0.25, 0.3) is 66.6 Å². The van der Waals surface area contributed by atoms with E-state index in [-0.39, 0.29) is 0 Å². The van der Waals surface area contributed by atoms with E-state index in [9.17, 15) is 0 Å². The largest absolute Gasteiger partial charge is 0.315 e. The van der Waals surface area contributed by atoms with Gasteiger partial charge in [0, 0.05) is 81.1 Å². The fraction of sp³-hybridized carbons (Fsp3) is 0. The van der Waals surface area contributed by atoms with Crippen molar-refractivity contribution in [3.05, 3.63) is 195 Å². The number of anilines is 3. The van der Waals surface area contributed by atoms with E-state index in [1.54, 1.807) is 12.4 Å². The number of para-hydroxylation sites is 2. The van der Waals surface area contributed by atoms with Crippen LogP contribution in [0.3, 0.4) is 0 Å². The minimum absolute atomic E-state index is 0.703. The number of hydrogen-bond acceptors (Lipinski definition) is 4. The van der Waals surface area contributed by atoms with Gasteiger partial charge in [0.15, 0.2) is 5.82 Å². The van der Waals surface area contributed by atoms with Crippen molar-refractivity contribution in [2.45, 2.75) is 0 Å². The van der Waals surface area contributed by atoms with Gasteiger partial charge in [-0.05, 0) is 114 Å². The van der Waals surface area contributed by atoms with Gasteiger partial charge in [0.1, 0.15) is 0 Å². The van der Waals surface area contributed by atoms with Crippen molar-refractivity contribution in [3.63, 3.8) is 0 Å². The molecule has 53 heavy (non-hydrogen) atoms. The SMILES string of the molecule is c1ccc(-n2ccc3ccc4c5cc(N(c6ccc(-c7ccncc7)cc6)c6ccc(-c7ncccn7)cc6)ccc5n(-c5ccccc5)c4c32)cc1. The van der Waals surface area contributed by atoms with Crippen LogP contribution in [0.15, 0.2) is 195 Å². The Bertz CT molecular complexity index is 2760. The van der Waals surface area contributed by atoms with Gasteiger partial charge in [-0.2, -0.15) is 0 Å². The molecule has 0 atom stereocenters. The molecule has 0 saturated heterocycles. The Morgan fingerprint density at radius 2 is 1.06 bits per heavy atom. The van der Waals surface area contributed by atoms with Crippen LogP contribution in [0.2, 0.25) is 0 Å². The van der Waals surface area contributed by atoms with Crippen LogP contribution in [0.5, 0.6) is 0 Å². The molecule has 4 aromatic heterocycles. The summed E-state index contributed by atoms with van der Waals surface area (Å²) in [4.78, 5) is 15.5. The molecule has 0 bridgehead atoms. The van der Waals surface area contributed by atoms with Gasteiger partial charge in [-0.15, -0.1) is 0 Å². The standard InChI is InChI=1S/C47H32N6/c1-3-8-37(9-4-1)51-31-26-35-16-22-42-43-32-41(21-23-44(43)53(46(42)45(35)51)38-10-5-2-6-11-38)52(39-17-12-33(13-18-39)34-24-29-48-30-25-34)40-19-14-36(15-20-40)47-49-27-7-28-50-47/h1-32H. The summed E-state index contributed by atoms with van der Waals surface area (Å²) in [6.07, 6.45) is 9.40. The Kier molecular flexibility index (Phi) is 7.36. The van der Waals surface area contributed by atoms with Gasteiger partial charge in [-0.3, -0.25) is 4.98 Å². The van der Waals surface area contributed by atoms with Crippen LogP contribution in [0, 0.1) is 0 Å². The number of benzene rings is 6. The minimum atomic E-state index is 0.703. The maximum atomic E-state index is 4.48. The number of pyridine rings is 1. The molecule has 0 spiro atoms. The molecular formula is C47H32N6. The van der Waals surface area contributed by atoms with E-state index in [4.69, 9.17) is 0 Å². The minimum Gasteiger partial charge on any atom is -0.315 e. The molecule has 0 aliphatic carbocycles. The summed E-state index contributed by atoms with van der Waals surface area (Å²) in [5, 5.41) is 3.57. The van der Waals surface area contributed by atoms with Gasteiger partial charge >= 0.3 is 0 Å². The molecule has 0 saturated carbocycles. The third-order valence-electron chi connectivity index (χ3n) is 9.96. The summed E-state index contributed by atoms with van der Waals surface area (Å²) < 4.78 is 4.73. The molecule has 10 aromatic rings. The van der Waals surface area contributed by atoms with E-state index in [0.717, 1.165) is 50.6 Å². The first-order valence-electron chi connectivity index (χ1n) is 17.7. The molecular weight excluding hydrogens is 649 g/mol. The molecule has 0 aliphatic rings. The van der Waals surface area contributed by atoms with Crippen LogP contribution in [-0.4, -0.2) is 24.1 Å². The molecule has 6 nitrogen and oxygen atoms in total. The van der Waals surface area contributed by atoms with Crippen molar-refractivity contribution in [1.82, 2.24) is 24.1 Å². The molecule has 6 heteroatoms. The van der Waals surface area contributed by atoms with Gasteiger partial charge in [0.25, 0.3) is 0 Å². The van der Waals surface area contributed by atoms with E-state index in [1.165, 1.54) is 27.2 Å². The Hall–Kier alpha value is -7.31. The van der Waals surface area contributed by atoms with E-state index < -0.39 is 0 Å². The molecule has 6 aromatic carbocycles. The van der Waals surface area contributed by atoms with Crippen LogP contribution < -0.4 is 4.90 Å². The number of hydrogen-bond donors (Lipinski definition) is 0. The molecule has 0 amide bonds. The van der Waals surface area contributed by atoms with Crippen LogP contribution in [0.4, 0.5) is 17.1 Å². The normalized spacial score (nSPS) is 11.4. The van der Waals surface area contributed by atoms with Gasteiger partial charge < -0.3 is 14.0 Å². The lowest BCUT2D eigenvalue weighted by molar-refractivity contribution is 1.12. The van der Waals surface area contributed by atoms with Crippen molar-refractivity contribution in [1.29, 1.82) is 0 Å². The quantitative estimate of drug-likeness (QED) is 0.168.